The quantitative estimate of drug-likeness (QED) is 0.644. The summed E-state index contributed by atoms with van der Waals surface area (Å²) in [5.74, 6) is 0.700. The average Bonchev–Trinajstić information content (AvgIpc) is 2.66. The van der Waals surface area contributed by atoms with E-state index in [-0.39, 0.29) is 11.9 Å². The molecule has 1 atom stereocenters. The van der Waals surface area contributed by atoms with Crippen molar-refractivity contribution >= 4 is 0 Å². The molecule has 1 aromatic carbocycles. The Kier molecular flexibility index (Phi) is 1.99. The minimum Gasteiger partial charge on any atom is -0.462 e. The number of para-hydroxylation sites is 1. The molecule has 1 aromatic rings. The second-order valence-electron chi connectivity index (χ2n) is 4.52. The largest absolute Gasteiger partial charge is 0.462 e. The fourth-order valence-electron chi connectivity index (χ4n) is 2.65. The van der Waals surface area contributed by atoms with Gasteiger partial charge >= 0.3 is 0 Å². The normalized spacial score (nSPS) is 27.4. The Morgan fingerprint density at radius 3 is 2.73 bits per heavy atom. The Bertz CT molecular complexity index is 367. The van der Waals surface area contributed by atoms with Gasteiger partial charge in [-0.1, -0.05) is 18.2 Å². The number of rotatable bonds is 0. The highest BCUT2D eigenvalue weighted by molar-refractivity contribution is 5.36. The van der Waals surface area contributed by atoms with Crippen LogP contribution in [-0.2, 0) is 4.74 Å². The third-order valence-electron chi connectivity index (χ3n) is 3.41. The van der Waals surface area contributed by atoms with Gasteiger partial charge in [-0.15, -0.1) is 0 Å². The van der Waals surface area contributed by atoms with Crippen LogP contribution in [0.15, 0.2) is 24.3 Å². The molecule has 1 aliphatic carbocycles. The van der Waals surface area contributed by atoms with Crippen LogP contribution < -0.4 is 4.74 Å². The molecule has 15 heavy (non-hydrogen) atoms. The lowest BCUT2D eigenvalue weighted by molar-refractivity contribution is -0.221. The predicted octanol–water partition coefficient (Wildman–Crippen LogP) is 3.43. The lowest BCUT2D eigenvalue weighted by Gasteiger charge is -2.38. The first-order valence-electron chi connectivity index (χ1n) is 5.75. The Labute approximate surface area is 90.2 Å². The first kappa shape index (κ1) is 9.22. The Hall–Kier alpha value is -1.02. The van der Waals surface area contributed by atoms with Crippen molar-refractivity contribution in [3.8, 4) is 5.75 Å². The molecule has 0 unspecified atom stereocenters. The Balaban J connectivity index is 1.98. The van der Waals surface area contributed by atoms with Crippen LogP contribution in [0.2, 0.25) is 0 Å². The first-order chi connectivity index (χ1) is 7.29. The van der Waals surface area contributed by atoms with Gasteiger partial charge in [0.05, 0.1) is 6.10 Å². The molecule has 1 spiro atoms. The van der Waals surface area contributed by atoms with Crippen LogP contribution in [0.1, 0.15) is 44.3 Å². The van der Waals surface area contributed by atoms with Gasteiger partial charge in [-0.05, 0) is 25.8 Å². The molecule has 3 rings (SSSR count). The van der Waals surface area contributed by atoms with Crippen molar-refractivity contribution in [1.82, 2.24) is 0 Å². The summed E-state index contributed by atoms with van der Waals surface area (Å²) >= 11 is 0. The molecule has 1 fully saturated rings. The molecule has 0 saturated heterocycles. The maximum Gasteiger partial charge on any atom is 0.211 e. The van der Waals surface area contributed by atoms with Gasteiger partial charge in [0.2, 0.25) is 5.79 Å². The van der Waals surface area contributed by atoms with Crippen LogP contribution in [0.4, 0.5) is 0 Å². The predicted molar refractivity (Wildman–Crippen MR) is 57.8 cm³/mol. The van der Waals surface area contributed by atoms with Crippen LogP contribution in [-0.4, -0.2) is 5.79 Å². The van der Waals surface area contributed by atoms with Crippen molar-refractivity contribution in [1.29, 1.82) is 0 Å². The van der Waals surface area contributed by atoms with E-state index in [1.807, 2.05) is 12.1 Å². The van der Waals surface area contributed by atoms with E-state index < -0.39 is 0 Å². The molecule has 1 saturated carbocycles. The summed E-state index contributed by atoms with van der Waals surface area (Å²) in [7, 11) is 0. The molecular weight excluding hydrogens is 188 g/mol. The standard InChI is InChI=1S/C13H16O2/c1-10-11-6-2-3-7-12(11)15-13(14-10)8-4-5-9-13/h2-3,6-7,10H,4-5,8-9H2,1H3/t10-/m1/s1. The maximum atomic E-state index is 6.04. The monoisotopic (exact) mass is 204 g/mol. The van der Waals surface area contributed by atoms with Crippen LogP contribution in [0, 0.1) is 0 Å². The van der Waals surface area contributed by atoms with Crippen molar-refractivity contribution in [2.24, 2.45) is 0 Å². The van der Waals surface area contributed by atoms with E-state index in [2.05, 4.69) is 19.1 Å². The summed E-state index contributed by atoms with van der Waals surface area (Å²) in [6, 6.07) is 8.20. The first-order valence-corrected chi connectivity index (χ1v) is 5.75. The number of benzene rings is 1. The number of hydrogen-bond acceptors (Lipinski definition) is 2. The van der Waals surface area contributed by atoms with Gasteiger partial charge in [0, 0.05) is 18.4 Å². The topological polar surface area (TPSA) is 18.5 Å². The third kappa shape index (κ3) is 1.44. The van der Waals surface area contributed by atoms with Crippen LogP contribution >= 0.6 is 0 Å². The third-order valence-corrected chi connectivity index (χ3v) is 3.41. The van der Waals surface area contributed by atoms with Crippen LogP contribution in [0.3, 0.4) is 0 Å². The number of fused-ring (bicyclic) bond motifs is 1. The van der Waals surface area contributed by atoms with Gasteiger partial charge in [0.1, 0.15) is 5.75 Å². The van der Waals surface area contributed by atoms with Crippen LogP contribution in [0.5, 0.6) is 5.75 Å². The van der Waals surface area contributed by atoms with E-state index >= 15 is 0 Å². The molecule has 1 aliphatic heterocycles. The summed E-state index contributed by atoms with van der Waals surface area (Å²) in [5.41, 5.74) is 1.18. The lowest BCUT2D eigenvalue weighted by atomic mass is 10.1. The van der Waals surface area contributed by atoms with Crippen molar-refractivity contribution in [2.75, 3.05) is 0 Å². The van der Waals surface area contributed by atoms with Gasteiger partial charge in [0.25, 0.3) is 0 Å². The molecule has 2 nitrogen and oxygen atoms in total. The molecule has 0 N–H and O–H groups in total. The van der Waals surface area contributed by atoms with Gasteiger partial charge in [-0.3, -0.25) is 0 Å². The van der Waals surface area contributed by atoms with E-state index in [0.29, 0.717) is 0 Å². The summed E-state index contributed by atoms with van der Waals surface area (Å²) in [5, 5.41) is 0. The zero-order valence-corrected chi connectivity index (χ0v) is 9.03. The Morgan fingerprint density at radius 2 is 1.93 bits per heavy atom. The van der Waals surface area contributed by atoms with Crippen molar-refractivity contribution in [3.63, 3.8) is 0 Å². The van der Waals surface area contributed by atoms with Crippen molar-refractivity contribution in [2.45, 2.75) is 44.5 Å². The maximum absolute atomic E-state index is 6.04. The SMILES string of the molecule is C[C@H]1OC2(CCCC2)Oc2ccccc21. The lowest BCUT2D eigenvalue weighted by Crippen LogP contribution is -2.40. The summed E-state index contributed by atoms with van der Waals surface area (Å²) in [4.78, 5) is 0. The van der Waals surface area contributed by atoms with Gasteiger partial charge < -0.3 is 9.47 Å². The molecule has 0 radical (unpaired) electrons. The molecule has 1 heterocycles. The minimum absolute atomic E-state index is 0.160. The van der Waals surface area contributed by atoms with E-state index in [4.69, 9.17) is 9.47 Å². The molecule has 2 heteroatoms. The molecule has 80 valence electrons. The highest BCUT2D eigenvalue weighted by Gasteiger charge is 2.42. The minimum atomic E-state index is -0.312. The highest BCUT2D eigenvalue weighted by atomic mass is 16.7. The molecule has 0 amide bonds. The molecular formula is C13H16O2. The molecule has 0 aromatic heterocycles. The number of hydrogen-bond donors (Lipinski definition) is 0. The Morgan fingerprint density at radius 1 is 1.20 bits per heavy atom. The van der Waals surface area contributed by atoms with E-state index in [9.17, 15) is 0 Å². The fourth-order valence-corrected chi connectivity index (χ4v) is 2.65. The summed E-state index contributed by atoms with van der Waals surface area (Å²) in [6.07, 6.45) is 4.66. The zero-order chi connectivity index (χ0) is 10.3. The summed E-state index contributed by atoms with van der Waals surface area (Å²) < 4.78 is 12.1. The summed E-state index contributed by atoms with van der Waals surface area (Å²) in [6.45, 7) is 2.11. The highest BCUT2D eigenvalue weighted by Crippen LogP contribution is 2.45. The average molecular weight is 204 g/mol. The molecule has 0 bridgehead atoms. The molecule has 2 aliphatic rings. The van der Waals surface area contributed by atoms with E-state index in [0.717, 1.165) is 18.6 Å². The van der Waals surface area contributed by atoms with Crippen molar-refractivity contribution < 1.29 is 9.47 Å². The smallest absolute Gasteiger partial charge is 0.211 e. The number of ether oxygens (including phenoxy) is 2. The second-order valence-corrected chi connectivity index (χ2v) is 4.52. The van der Waals surface area contributed by atoms with E-state index in [1.165, 1.54) is 18.4 Å². The van der Waals surface area contributed by atoms with Gasteiger partial charge in [-0.2, -0.15) is 0 Å². The van der Waals surface area contributed by atoms with Crippen molar-refractivity contribution in [3.05, 3.63) is 29.8 Å². The second kappa shape index (κ2) is 3.24. The zero-order valence-electron chi connectivity index (χ0n) is 9.03. The fraction of sp³-hybridized carbons (Fsp3) is 0.538. The van der Waals surface area contributed by atoms with Gasteiger partial charge in [0.15, 0.2) is 0 Å². The van der Waals surface area contributed by atoms with Gasteiger partial charge in [-0.25, -0.2) is 0 Å². The van der Waals surface area contributed by atoms with Crippen LogP contribution in [0.25, 0.3) is 0 Å². The van der Waals surface area contributed by atoms with E-state index in [1.54, 1.807) is 0 Å².